The lowest BCUT2D eigenvalue weighted by atomic mass is 9.94. The lowest BCUT2D eigenvalue weighted by Gasteiger charge is -2.15. The van der Waals surface area contributed by atoms with Crippen molar-refractivity contribution in [1.82, 2.24) is 0 Å². The molecule has 0 aliphatic carbocycles. The van der Waals surface area contributed by atoms with Crippen LogP contribution in [0.25, 0.3) is 4.85 Å². The Kier molecular flexibility index (Phi) is 3.96. The van der Waals surface area contributed by atoms with Gasteiger partial charge < -0.3 is 14.7 Å². The third kappa shape index (κ3) is 3.00. The van der Waals surface area contributed by atoms with Crippen molar-refractivity contribution in [3.8, 4) is 0 Å². The summed E-state index contributed by atoms with van der Waals surface area (Å²) in [6.45, 7) is 8.20. The third-order valence-electron chi connectivity index (χ3n) is 2.56. The Hall–Kier alpha value is -2.03. The Morgan fingerprint density at radius 1 is 1.33 bits per heavy atom. The first-order chi connectivity index (χ1) is 8.27. The topological polar surface area (TPSA) is 44.5 Å². The van der Waals surface area contributed by atoms with Gasteiger partial charge in [-0.1, -0.05) is 12.1 Å². The summed E-state index contributed by atoms with van der Waals surface area (Å²) < 4.78 is 37.0. The summed E-state index contributed by atoms with van der Waals surface area (Å²) in [7, 11) is 0. The number of halogens is 3. The Bertz CT molecular complexity index is 474. The smallest absolute Gasteiger partial charge is 0.416 e. The molecule has 2 unspecified atom stereocenters. The van der Waals surface area contributed by atoms with Gasteiger partial charge in [-0.3, -0.25) is 0 Å². The van der Waals surface area contributed by atoms with Crippen LogP contribution in [-0.2, 0) is 11.0 Å². The standard InChI is InChI=1S/C12H10F3NO2/c1-7(11(17)18)10(16-2)8-3-5-9(6-4-8)12(13,14)15/h3-7,10H,1H3,(H,17,18)/p-1. The first-order valence-corrected chi connectivity index (χ1v) is 5.02. The predicted octanol–water partition coefficient (Wildman–Crippen LogP) is 2.05. The van der Waals surface area contributed by atoms with Crippen molar-refractivity contribution in [2.75, 3.05) is 0 Å². The van der Waals surface area contributed by atoms with Crippen LogP contribution in [0.4, 0.5) is 13.2 Å². The number of hydrogen-bond acceptors (Lipinski definition) is 2. The van der Waals surface area contributed by atoms with E-state index in [1.807, 2.05) is 0 Å². The van der Waals surface area contributed by atoms with Gasteiger partial charge in [0.15, 0.2) is 0 Å². The molecule has 0 bridgehead atoms. The largest absolute Gasteiger partial charge is 0.550 e. The number of carbonyl (C=O) groups excluding carboxylic acids is 1. The van der Waals surface area contributed by atoms with Crippen molar-refractivity contribution in [2.45, 2.75) is 19.1 Å². The predicted molar refractivity (Wildman–Crippen MR) is 55.0 cm³/mol. The van der Waals surface area contributed by atoms with Crippen molar-refractivity contribution >= 4 is 5.97 Å². The van der Waals surface area contributed by atoms with E-state index >= 15 is 0 Å². The van der Waals surface area contributed by atoms with E-state index in [9.17, 15) is 23.1 Å². The van der Waals surface area contributed by atoms with Crippen LogP contribution < -0.4 is 5.11 Å². The fourth-order valence-corrected chi connectivity index (χ4v) is 1.47. The zero-order valence-electron chi connectivity index (χ0n) is 9.36. The van der Waals surface area contributed by atoms with Crippen LogP contribution >= 0.6 is 0 Å². The molecule has 0 fully saturated rings. The van der Waals surface area contributed by atoms with E-state index in [0.29, 0.717) is 0 Å². The highest BCUT2D eigenvalue weighted by molar-refractivity contribution is 5.69. The molecule has 1 aromatic carbocycles. The summed E-state index contributed by atoms with van der Waals surface area (Å²) in [4.78, 5) is 13.8. The molecule has 0 aliphatic rings. The van der Waals surface area contributed by atoms with Crippen LogP contribution in [0, 0.1) is 12.5 Å². The summed E-state index contributed by atoms with van der Waals surface area (Å²) in [6, 6.07) is 2.85. The second-order valence-corrected chi connectivity index (χ2v) is 3.80. The van der Waals surface area contributed by atoms with Crippen molar-refractivity contribution in [3.63, 3.8) is 0 Å². The van der Waals surface area contributed by atoms with Crippen molar-refractivity contribution in [2.24, 2.45) is 5.92 Å². The molecular weight excluding hydrogens is 247 g/mol. The first-order valence-electron chi connectivity index (χ1n) is 5.02. The average Bonchev–Trinajstić information content (AvgIpc) is 2.29. The van der Waals surface area contributed by atoms with Gasteiger partial charge in [-0.25, -0.2) is 6.57 Å². The van der Waals surface area contributed by atoms with Gasteiger partial charge >= 0.3 is 6.18 Å². The summed E-state index contributed by atoms with van der Waals surface area (Å²) in [5, 5.41) is 10.7. The Morgan fingerprint density at radius 2 is 1.83 bits per heavy atom. The van der Waals surface area contributed by atoms with Crippen molar-refractivity contribution in [1.29, 1.82) is 0 Å². The Morgan fingerprint density at radius 3 is 2.17 bits per heavy atom. The second-order valence-electron chi connectivity index (χ2n) is 3.80. The van der Waals surface area contributed by atoms with Gasteiger partial charge in [-0.2, -0.15) is 13.2 Å². The number of hydrogen-bond donors (Lipinski definition) is 0. The second kappa shape index (κ2) is 5.08. The molecule has 1 aromatic rings. The van der Waals surface area contributed by atoms with Crippen LogP contribution in [0.5, 0.6) is 0 Å². The van der Waals surface area contributed by atoms with Crippen LogP contribution in [0.3, 0.4) is 0 Å². The minimum Gasteiger partial charge on any atom is -0.550 e. The molecule has 3 nitrogen and oxygen atoms in total. The SMILES string of the molecule is [C-]#[N+]C(c1ccc(C(F)(F)F)cc1)C(C)C(=O)[O-]. The van der Waals surface area contributed by atoms with E-state index < -0.39 is 29.7 Å². The number of carboxylic acids is 1. The summed E-state index contributed by atoms with van der Waals surface area (Å²) >= 11 is 0. The summed E-state index contributed by atoms with van der Waals surface area (Å²) in [6.07, 6.45) is -4.45. The molecule has 0 saturated carbocycles. The molecule has 0 aliphatic heterocycles. The van der Waals surface area contributed by atoms with Gasteiger partial charge in [0.25, 0.3) is 6.04 Å². The van der Waals surface area contributed by atoms with E-state index in [-0.39, 0.29) is 5.56 Å². The third-order valence-corrected chi connectivity index (χ3v) is 2.56. The average molecular weight is 256 g/mol. The molecule has 2 atom stereocenters. The van der Waals surface area contributed by atoms with Gasteiger partial charge in [-0.05, 0) is 19.1 Å². The van der Waals surface area contributed by atoms with Crippen LogP contribution in [-0.4, -0.2) is 5.97 Å². The molecule has 0 saturated heterocycles. The maximum absolute atomic E-state index is 12.3. The summed E-state index contributed by atoms with van der Waals surface area (Å²) in [5.74, 6) is -2.49. The molecule has 0 amide bonds. The maximum Gasteiger partial charge on any atom is 0.416 e. The zero-order valence-corrected chi connectivity index (χ0v) is 9.36. The van der Waals surface area contributed by atoms with E-state index in [1.54, 1.807) is 0 Å². The Labute approximate surface area is 102 Å². The summed E-state index contributed by atoms with van der Waals surface area (Å²) in [5.41, 5.74) is -0.606. The molecule has 0 aromatic heterocycles. The van der Waals surface area contributed by atoms with Crippen molar-refractivity contribution < 1.29 is 23.1 Å². The quantitative estimate of drug-likeness (QED) is 0.777. The van der Waals surface area contributed by atoms with Gasteiger partial charge in [0.1, 0.15) is 0 Å². The number of carbonyl (C=O) groups is 1. The van der Waals surface area contributed by atoms with Gasteiger partial charge in [0.05, 0.1) is 17.5 Å². The molecule has 0 heterocycles. The molecule has 0 N–H and O–H groups in total. The molecule has 96 valence electrons. The molecule has 6 heteroatoms. The monoisotopic (exact) mass is 256 g/mol. The van der Waals surface area contributed by atoms with Gasteiger partial charge in [-0.15, -0.1) is 0 Å². The van der Waals surface area contributed by atoms with E-state index in [4.69, 9.17) is 6.57 Å². The highest BCUT2D eigenvalue weighted by Crippen LogP contribution is 2.32. The van der Waals surface area contributed by atoms with E-state index in [2.05, 4.69) is 4.85 Å². The molecule has 1 rings (SSSR count). The number of aliphatic carboxylic acids is 1. The molecular formula is C12H9F3NO2-. The maximum atomic E-state index is 12.3. The molecule has 0 spiro atoms. The van der Waals surface area contributed by atoms with Gasteiger partial charge in [0, 0.05) is 5.56 Å². The fourth-order valence-electron chi connectivity index (χ4n) is 1.47. The minimum absolute atomic E-state index is 0.231. The number of nitrogens with zero attached hydrogens (tertiary/aromatic N) is 1. The minimum atomic E-state index is -4.45. The van der Waals surface area contributed by atoms with Gasteiger partial charge in [0.2, 0.25) is 0 Å². The fraction of sp³-hybridized carbons (Fsp3) is 0.333. The normalized spacial score (nSPS) is 14.6. The van der Waals surface area contributed by atoms with Crippen LogP contribution in [0.15, 0.2) is 24.3 Å². The number of benzene rings is 1. The highest BCUT2D eigenvalue weighted by atomic mass is 19.4. The number of carboxylic acid groups (broad SMARTS) is 1. The Balaban J connectivity index is 3.04. The number of rotatable bonds is 3. The van der Waals surface area contributed by atoms with E-state index in [0.717, 1.165) is 24.3 Å². The van der Waals surface area contributed by atoms with Crippen molar-refractivity contribution in [3.05, 3.63) is 46.8 Å². The lowest BCUT2D eigenvalue weighted by Crippen LogP contribution is -2.32. The highest BCUT2D eigenvalue weighted by Gasteiger charge is 2.31. The zero-order chi connectivity index (χ0) is 13.9. The van der Waals surface area contributed by atoms with E-state index in [1.165, 1.54) is 6.92 Å². The molecule has 18 heavy (non-hydrogen) atoms. The molecule has 0 radical (unpaired) electrons. The first kappa shape index (κ1) is 14.0. The van der Waals surface area contributed by atoms with Crippen LogP contribution in [0.2, 0.25) is 0 Å². The lowest BCUT2D eigenvalue weighted by molar-refractivity contribution is -0.311. The number of alkyl halides is 3. The van der Waals surface area contributed by atoms with Crippen LogP contribution in [0.1, 0.15) is 24.1 Å².